The molecule has 0 saturated carbocycles. The van der Waals surface area contributed by atoms with Gasteiger partial charge in [0.15, 0.2) is 0 Å². The van der Waals surface area contributed by atoms with Crippen LogP contribution in [0.15, 0.2) is 59.1 Å². The Bertz CT molecular complexity index is 536. The summed E-state index contributed by atoms with van der Waals surface area (Å²) in [6.45, 7) is 0.721. The predicted octanol–water partition coefficient (Wildman–Crippen LogP) is 3.76. The first-order valence-corrected chi connectivity index (χ1v) is 7.01. The van der Waals surface area contributed by atoms with Crippen LogP contribution < -0.4 is 0 Å². The Morgan fingerprint density at radius 3 is 2.32 bits per heavy atom. The second-order valence-electron chi connectivity index (χ2n) is 4.47. The largest absolute Gasteiger partial charge is 0.341 e. The Kier molecular flexibility index (Phi) is 4.74. The number of likely N-dealkylation sites (N-methyl/N-ethyl adjacent to an activating group) is 1. The number of benzene rings is 2. The maximum Gasteiger partial charge on any atom is 0.253 e. The van der Waals surface area contributed by atoms with Crippen molar-refractivity contribution in [2.24, 2.45) is 0 Å². The third-order valence-electron chi connectivity index (χ3n) is 3.02. The van der Waals surface area contributed by atoms with Gasteiger partial charge < -0.3 is 4.90 Å². The quantitative estimate of drug-likeness (QED) is 0.840. The lowest BCUT2D eigenvalue weighted by Crippen LogP contribution is -2.28. The fraction of sp³-hybridized carbons (Fsp3) is 0.188. The van der Waals surface area contributed by atoms with Crippen LogP contribution in [0.2, 0.25) is 0 Å². The van der Waals surface area contributed by atoms with E-state index in [0.29, 0.717) is 0 Å². The van der Waals surface area contributed by atoms with Crippen LogP contribution in [-0.2, 0) is 6.42 Å². The highest BCUT2D eigenvalue weighted by molar-refractivity contribution is 9.10. The standard InChI is InChI=1S/C16H16BrNO/c1-18(12-11-13-5-3-2-4-6-13)16(19)14-7-9-15(17)10-8-14/h2-10H,11-12H2,1H3. The normalized spacial score (nSPS) is 10.2. The maximum absolute atomic E-state index is 12.2. The van der Waals surface area contributed by atoms with Crippen LogP contribution in [-0.4, -0.2) is 24.4 Å². The van der Waals surface area contributed by atoms with Crippen LogP contribution in [0.1, 0.15) is 15.9 Å². The minimum atomic E-state index is 0.0587. The minimum absolute atomic E-state index is 0.0587. The van der Waals surface area contributed by atoms with Crippen LogP contribution in [0.5, 0.6) is 0 Å². The molecule has 0 aromatic heterocycles. The van der Waals surface area contributed by atoms with Gasteiger partial charge in [-0.05, 0) is 36.2 Å². The summed E-state index contributed by atoms with van der Waals surface area (Å²) in [5.41, 5.74) is 1.97. The third-order valence-corrected chi connectivity index (χ3v) is 3.55. The van der Waals surface area contributed by atoms with Crippen molar-refractivity contribution >= 4 is 21.8 Å². The molecule has 98 valence electrons. The van der Waals surface area contributed by atoms with E-state index in [1.54, 1.807) is 4.90 Å². The number of nitrogens with zero attached hydrogens (tertiary/aromatic N) is 1. The fourth-order valence-electron chi connectivity index (χ4n) is 1.86. The van der Waals surface area contributed by atoms with Crippen molar-refractivity contribution in [2.45, 2.75) is 6.42 Å². The SMILES string of the molecule is CN(CCc1ccccc1)C(=O)c1ccc(Br)cc1. The molecule has 0 radical (unpaired) electrons. The number of rotatable bonds is 4. The molecule has 3 heteroatoms. The highest BCUT2D eigenvalue weighted by Crippen LogP contribution is 2.12. The zero-order valence-corrected chi connectivity index (χ0v) is 12.4. The molecule has 0 spiro atoms. The summed E-state index contributed by atoms with van der Waals surface area (Å²) >= 11 is 3.37. The van der Waals surface area contributed by atoms with Gasteiger partial charge in [0, 0.05) is 23.6 Å². The van der Waals surface area contributed by atoms with Crippen molar-refractivity contribution in [3.63, 3.8) is 0 Å². The van der Waals surface area contributed by atoms with Crippen LogP contribution in [0, 0.1) is 0 Å². The number of amides is 1. The smallest absolute Gasteiger partial charge is 0.253 e. The number of carbonyl (C=O) groups excluding carboxylic acids is 1. The van der Waals surface area contributed by atoms with Gasteiger partial charge in [-0.25, -0.2) is 0 Å². The number of carbonyl (C=O) groups is 1. The molecule has 0 unspecified atom stereocenters. The van der Waals surface area contributed by atoms with E-state index < -0.39 is 0 Å². The average molecular weight is 318 g/mol. The van der Waals surface area contributed by atoms with Crippen molar-refractivity contribution in [2.75, 3.05) is 13.6 Å². The predicted molar refractivity (Wildman–Crippen MR) is 81.2 cm³/mol. The van der Waals surface area contributed by atoms with E-state index in [1.807, 2.05) is 49.5 Å². The lowest BCUT2D eigenvalue weighted by atomic mass is 10.1. The molecule has 0 atom stereocenters. The molecule has 0 aliphatic rings. The summed E-state index contributed by atoms with van der Waals surface area (Å²) in [5, 5.41) is 0. The number of halogens is 1. The van der Waals surface area contributed by atoms with E-state index in [1.165, 1.54) is 5.56 Å². The Morgan fingerprint density at radius 2 is 1.68 bits per heavy atom. The Morgan fingerprint density at radius 1 is 1.05 bits per heavy atom. The highest BCUT2D eigenvalue weighted by atomic mass is 79.9. The van der Waals surface area contributed by atoms with Gasteiger partial charge in [-0.15, -0.1) is 0 Å². The summed E-state index contributed by atoms with van der Waals surface area (Å²) in [7, 11) is 1.84. The molecule has 19 heavy (non-hydrogen) atoms. The van der Waals surface area contributed by atoms with E-state index in [4.69, 9.17) is 0 Å². The molecule has 0 aliphatic carbocycles. The molecule has 2 rings (SSSR count). The second kappa shape index (κ2) is 6.53. The summed E-state index contributed by atoms with van der Waals surface area (Å²) in [5.74, 6) is 0.0587. The molecule has 0 fully saturated rings. The number of hydrogen-bond acceptors (Lipinski definition) is 1. The van der Waals surface area contributed by atoms with Crippen LogP contribution in [0.25, 0.3) is 0 Å². The van der Waals surface area contributed by atoms with Crippen LogP contribution in [0.4, 0.5) is 0 Å². The van der Waals surface area contributed by atoms with E-state index in [9.17, 15) is 4.79 Å². The summed E-state index contributed by atoms with van der Waals surface area (Å²) in [4.78, 5) is 13.9. The second-order valence-corrected chi connectivity index (χ2v) is 5.38. The van der Waals surface area contributed by atoms with E-state index in [2.05, 4.69) is 28.1 Å². The molecule has 0 saturated heterocycles. The zero-order chi connectivity index (χ0) is 13.7. The van der Waals surface area contributed by atoms with E-state index in [-0.39, 0.29) is 5.91 Å². The third kappa shape index (κ3) is 3.93. The van der Waals surface area contributed by atoms with E-state index in [0.717, 1.165) is 23.0 Å². The lowest BCUT2D eigenvalue weighted by molar-refractivity contribution is 0.0796. The summed E-state index contributed by atoms with van der Waals surface area (Å²) in [6, 6.07) is 17.7. The fourth-order valence-corrected chi connectivity index (χ4v) is 2.12. The molecule has 1 amide bonds. The van der Waals surface area contributed by atoms with Crippen molar-refractivity contribution in [3.8, 4) is 0 Å². The van der Waals surface area contributed by atoms with Crippen molar-refractivity contribution in [3.05, 3.63) is 70.2 Å². The van der Waals surface area contributed by atoms with Gasteiger partial charge in [0.05, 0.1) is 0 Å². The molecule has 2 aromatic rings. The molecule has 2 aromatic carbocycles. The van der Waals surface area contributed by atoms with Gasteiger partial charge in [0.1, 0.15) is 0 Å². The summed E-state index contributed by atoms with van der Waals surface area (Å²) in [6.07, 6.45) is 0.875. The zero-order valence-electron chi connectivity index (χ0n) is 10.8. The Balaban J connectivity index is 1.94. The first-order chi connectivity index (χ1) is 9.16. The van der Waals surface area contributed by atoms with Crippen LogP contribution >= 0.6 is 15.9 Å². The highest BCUT2D eigenvalue weighted by Gasteiger charge is 2.10. The topological polar surface area (TPSA) is 20.3 Å². The van der Waals surface area contributed by atoms with Gasteiger partial charge in [-0.3, -0.25) is 4.79 Å². The first-order valence-electron chi connectivity index (χ1n) is 6.22. The summed E-state index contributed by atoms with van der Waals surface area (Å²) < 4.78 is 0.982. The van der Waals surface area contributed by atoms with Crippen molar-refractivity contribution in [1.29, 1.82) is 0 Å². The van der Waals surface area contributed by atoms with Gasteiger partial charge in [-0.2, -0.15) is 0 Å². The number of hydrogen-bond donors (Lipinski definition) is 0. The van der Waals surface area contributed by atoms with E-state index >= 15 is 0 Å². The van der Waals surface area contributed by atoms with Gasteiger partial charge >= 0.3 is 0 Å². The van der Waals surface area contributed by atoms with Gasteiger partial charge in [0.2, 0.25) is 0 Å². The maximum atomic E-state index is 12.2. The van der Waals surface area contributed by atoms with Crippen LogP contribution in [0.3, 0.4) is 0 Å². The Hall–Kier alpha value is -1.61. The van der Waals surface area contributed by atoms with Crippen molar-refractivity contribution in [1.82, 2.24) is 4.90 Å². The minimum Gasteiger partial charge on any atom is -0.341 e. The van der Waals surface area contributed by atoms with Gasteiger partial charge in [-0.1, -0.05) is 46.3 Å². The molecular weight excluding hydrogens is 302 g/mol. The molecule has 0 bridgehead atoms. The first kappa shape index (κ1) is 13.8. The molecule has 0 aliphatic heterocycles. The Labute approximate surface area is 122 Å². The lowest BCUT2D eigenvalue weighted by Gasteiger charge is -2.17. The average Bonchev–Trinajstić information content (AvgIpc) is 2.46. The molecule has 0 N–H and O–H groups in total. The van der Waals surface area contributed by atoms with Crippen molar-refractivity contribution < 1.29 is 4.79 Å². The van der Waals surface area contributed by atoms with Gasteiger partial charge in [0.25, 0.3) is 5.91 Å². The molecular formula is C16H16BrNO. The molecule has 2 nitrogen and oxygen atoms in total. The monoisotopic (exact) mass is 317 g/mol. The molecule has 0 heterocycles.